The van der Waals surface area contributed by atoms with Gasteiger partial charge in [-0.1, -0.05) is 27.6 Å². The van der Waals surface area contributed by atoms with Crippen LogP contribution in [0.25, 0.3) is 0 Å². The van der Waals surface area contributed by atoms with Crippen molar-refractivity contribution in [2.24, 2.45) is 29.6 Å². The summed E-state index contributed by atoms with van der Waals surface area (Å²) in [6.07, 6.45) is 2.69. The molecule has 4 amide bonds. The van der Waals surface area contributed by atoms with Crippen LogP contribution in [-0.2, 0) is 19.2 Å². The predicted octanol–water partition coefficient (Wildman–Crippen LogP) is 1.37. The molecule has 144 valence electrons. The lowest BCUT2D eigenvalue weighted by Gasteiger charge is -2.44. The first-order chi connectivity index (χ1) is 13.4. The van der Waals surface area contributed by atoms with Gasteiger partial charge in [-0.25, -0.2) is 0 Å². The van der Waals surface area contributed by atoms with Gasteiger partial charge in [-0.3, -0.25) is 29.8 Å². The van der Waals surface area contributed by atoms with Crippen LogP contribution in [0.2, 0.25) is 0 Å². The Morgan fingerprint density at radius 2 is 1.57 bits per heavy atom. The SMILES string of the molecule is O=C1NC(=O)[C@H]2CC=C3[C@@H](C[C@H]4C(=O)NC(=O)[C@H]4[C@H]3c3cc(Br)ccc3O)[C@@H]12. The number of aromatic hydroxyl groups is 1. The molecule has 28 heavy (non-hydrogen) atoms. The molecule has 0 radical (unpaired) electrons. The first kappa shape index (κ1) is 17.6. The predicted molar refractivity (Wildman–Crippen MR) is 99.6 cm³/mol. The highest BCUT2D eigenvalue weighted by Gasteiger charge is 2.59. The fraction of sp³-hybridized carbons (Fsp3) is 0.400. The number of halogens is 1. The molecule has 0 bridgehead atoms. The second-order valence-electron chi connectivity index (χ2n) is 7.93. The molecule has 7 nitrogen and oxygen atoms in total. The molecular weight excluding hydrogens is 428 g/mol. The number of amides is 4. The van der Waals surface area contributed by atoms with Crippen molar-refractivity contribution in [1.82, 2.24) is 10.6 Å². The Bertz CT molecular complexity index is 987. The first-order valence-corrected chi connectivity index (χ1v) is 10.0. The molecule has 1 aromatic carbocycles. The van der Waals surface area contributed by atoms with Gasteiger partial charge in [-0.2, -0.15) is 0 Å². The highest BCUT2D eigenvalue weighted by Crippen LogP contribution is 2.57. The van der Waals surface area contributed by atoms with E-state index in [2.05, 4.69) is 26.6 Å². The minimum atomic E-state index is -0.632. The normalized spacial score (nSPS) is 36.2. The molecule has 1 aromatic rings. The molecule has 2 aliphatic heterocycles. The molecule has 4 aliphatic rings. The number of hydrogen-bond donors (Lipinski definition) is 3. The van der Waals surface area contributed by atoms with Crippen LogP contribution >= 0.6 is 15.9 Å². The number of nitrogens with one attached hydrogen (secondary N) is 2. The van der Waals surface area contributed by atoms with Crippen LogP contribution in [0.4, 0.5) is 0 Å². The van der Waals surface area contributed by atoms with E-state index in [1.807, 2.05) is 6.08 Å². The van der Waals surface area contributed by atoms with Gasteiger partial charge in [0.15, 0.2) is 0 Å². The van der Waals surface area contributed by atoms with E-state index in [0.717, 1.165) is 10.0 Å². The summed E-state index contributed by atoms with van der Waals surface area (Å²) in [4.78, 5) is 49.7. The summed E-state index contributed by atoms with van der Waals surface area (Å²) in [5, 5.41) is 15.4. The van der Waals surface area contributed by atoms with Gasteiger partial charge in [-0.15, -0.1) is 0 Å². The monoisotopic (exact) mass is 444 g/mol. The summed E-state index contributed by atoms with van der Waals surface area (Å²) in [5.74, 6) is -4.27. The fourth-order valence-corrected chi connectivity index (χ4v) is 5.91. The number of imide groups is 2. The third-order valence-electron chi connectivity index (χ3n) is 6.66. The Hall–Kier alpha value is -2.48. The minimum absolute atomic E-state index is 0.0368. The van der Waals surface area contributed by atoms with Gasteiger partial charge < -0.3 is 5.11 Å². The van der Waals surface area contributed by atoms with E-state index in [9.17, 15) is 24.3 Å². The molecular formula is C20H17BrN2O5. The Balaban J connectivity index is 1.69. The quantitative estimate of drug-likeness (QED) is 0.447. The zero-order valence-corrected chi connectivity index (χ0v) is 16.2. The summed E-state index contributed by atoms with van der Waals surface area (Å²) < 4.78 is 0.742. The molecule has 1 saturated carbocycles. The molecule has 2 saturated heterocycles. The number of hydrogen-bond acceptors (Lipinski definition) is 5. The number of benzene rings is 1. The van der Waals surface area contributed by atoms with Crippen molar-refractivity contribution in [3.05, 3.63) is 39.9 Å². The van der Waals surface area contributed by atoms with E-state index in [-0.39, 0.29) is 35.3 Å². The molecule has 2 aliphatic carbocycles. The average molecular weight is 445 g/mol. The van der Waals surface area contributed by atoms with Crippen LogP contribution in [0, 0.1) is 29.6 Å². The first-order valence-electron chi connectivity index (χ1n) is 9.24. The summed E-state index contributed by atoms with van der Waals surface area (Å²) >= 11 is 3.41. The minimum Gasteiger partial charge on any atom is -0.508 e. The van der Waals surface area contributed by atoms with Crippen molar-refractivity contribution in [3.8, 4) is 5.75 Å². The molecule has 5 rings (SSSR count). The zero-order chi connectivity index (χ0) is 19.7. The van der Waals surface area contributed by atoms with E-state index in [1.165, 1.54) is 0 Å². The maximum Gasteiger partial charge on any atom is 0.231 e. The van der Waals surface area contributed by atoms with Crippen molar-refractivity contribution in [3.63, 3.8) is 0 Å². The van der Waals surface area contributed by atoms with Crippen LogP contribution < -0.4 is 10.6 Å². The average Bonchev–Trinajstić information content (AvgIpc) is 3.11. The summed E-state index contributed by atoms with van der Waals surface area (Å²) in [6.45, 7) is 0. The third kappa shape index (κ3) is 2.33. The van der Waals surface area contributed by atoms with Crippen molar-refractivity contribution >= 4 is 39.6 Å². The highest BCUT2D eigenvalue weighted by molar-refractivity contribution is 9.10. The second-order valence-corrected chi connectivity index (χ2v) is 8.85. The number of fused-ring (bicyclic) bond motifs is 4. The van der Waals surface area contributed by atoms with Crippen LogP contribution in [0.3, 0.4) is 0 Å². The number of allylic oxidation sites excluding steroid dienone is 2. The topological polar surface area (TPSA) is 113 Å². The third-order valence-corrected chi connectivity index (χ3v) is 7.15. The van der Waals surface area contributed by atoms with Crippen molar-refractivity contribution in [2.45, 2.75) is 18.8 Å². The van der Waals surface area contributed by atoms with Crippen molar-refractivity contribution in [2.75, 3.05) is 0 Å². The summed E-state index contributed by atoms with van der Waals surface area (Å²) in [5.41, 5.74) is 1.42. The zero-order valence-electron chi connectivity index (χ0n) is 14.6. The van der Waals surface area contributed by atoms with Gasteiger partial charge in [-0.05, 0) is 37.0 Å². The largest absolute Gasteiger partial charge is 0.508 e. The lowest BCUT2D eigenvalue weighted by molar-refractivity contribution is -0.128. The van der Waals surface area contributed by atoms with E-state index in [0.29, 0.717) is 18.4 Å². The number of phenolic OH excluding ortho intramolecular Hbond substituents is 1. The summed E-state index contributed by atoms with van der Waals surface area (Å²) in [6, 6.07) is 5.00. The second kappa shape index (κ2) is 6.01. The van der Waals surface area contributed by atoms with Crippen LogP contribution in [0.5, 0.6) is 5.75 Å². The van der Waals surface area contributed by atoms with Gasteiger partial charge >= 0.3 is 0 Å². The maximum absolute atomic E-state index is 12.6. The van der Waals surface area contributed by atoms with E-state index >= 15 is 0 Å². The standard InChI is InChI=1S/C20H17BrN2O5/c21-7-1-4-13(24)11(5-7)14-8-2-3-9-15(19(27)22-17(9)25)10(8)6-12-16(14)20(28)23-18(12)26/h1-2,4-5,9-10,12,14-16,24H,3,6H2,(H,22,25,27)(H,23,26,28)/t9-,10+,12+,14+,15-,16+/m0/s1. The number of carbonyl (C=O) groups is 4. The number of carbonyl (C=O) groups excluding carboxylic acids is 4. The molecule has 8 heteroatoms. The van der Waals surface area contributed by atoms with E-state index in [4.69, 9.17) is 0 Å². The van der Waals surface area contributed by atoms with Crippen molar-refractivity contribution in [1.29, 1.82) is 0 Å². The molecule has 0 aromatic heterocycles. The van der Waals surface area contributed by atoms with Crippen LogP contribution in [0.15, 0.2) is 34.3 Å². The lowest BCUT2D eigenvalue weighted by atomic mass is 9.57. The van der Waals surface area contributed by atoms with Crippen LogP contribution in [-0.4, -0.2) is 28.7 Å². The number of rotatable bonds is 1. The molecule has 3 fully saturated rings. The number of phenols is 1. The maximum atomic E-state index is 12.6. The van der Waals surface area contributed by atoms with Gasteiger partial charge in [0, 0.05) is 16.0 Å². The smallest absolute Gasteiger partial charge is 0.231 e. The molecule has 2 heterocycles. The van der Waals surface area contributed by atoms with Gasteiger partial charge in [0.1, 0.15) is 5.75 Å². The van der Waals surface area contributed by atoms with E-state index in [1.54, 1.807) is 18.2 Å². The fourth-order valence-electron chi connectivity index (χ4n) is 5.53. The Morgan fingerprint density at radius 3 is 2.32 bits per heavy atom. The van der Waals surface area contributed by atoms with Gasteiger partial charge in [0.25, 0.3) is 0 Å². The Morgan fingerprint density at radius 1 is 0.893 bits per heavy atom. The highest BCUT2D eigenvalue weighted by atomic mass is 79.9. The Kier molecular flexibility index (Phi) is 3.78. The molecule has 0 spiro atoms. The molecule has 0 unspecified atom stereocenters. The summed E-state index contributed by atoms with van der Waals surface area (Å²) in [7, 11) is 0. The molecule has 3 N–H and O–H groups in total. The Labute approximate surface area is 168 Å². The van der Waals surface area contributed by atoms with Gasteiger partial charge in [0.05, 0.1) is 23.7 Å². The van der Waals surface area contributed by atoms with E-state index < -0.39 is 29.6 Å². The van der Waals surface area contributed by atoms with Crippen molar-refractivity contribution < 1.29 is 24.3 Å². The van der Waals surface area contributed by atoms with Crippen LogP contribution in [0.1, 0.15) is 24.3 Å². The molecule has 6 atom stereocenters. The lowest BCUT2D eigenvalue weighted by Crippen LogP contribution is -2.42. The van der Waals surface area contributed by atoms with Gasteiger partial charge in [0.2, 0.25) is 23.6 Å².